The summed E-state index contributed by atoms with van der Waals surface area (Å²) in [4.78, 5) is 32.7. The molecular weight excluding hydrogens is 342 g/mol. The van der Waals surface area contributed by atoms with Gasteiger partial charge in [-0.05, 0) is 31.2 Å². The van der Waals surface area contributed by atoms with Gasteiger partial charge in [-0.3, -0.25) is 19.5 Å². The number of hydrogen-bond acceptors (Lipinski definition) is 3. The molecule has 1 aromatic carbocycles. The highest BCUT2D eigenvalue weighted by molar-refractivity contribution is 6.21. The molecule has 0 fully saturated rings. The topological polar surface area (TPSA) is 69.9 Å². The summed E-state index contributed by atoms with van der Waals surface area (Å²) in [6.07, 6.45) is 2.01. The summed E-state index contributed by atoms with van der Waals surface area (Å²) in [5.41, 5.74) is 2.11. The molecule has 3 rings (SSSR count). The molecule has 142 valence electrons. The molecule has 7 nitrogen and oxygen atoms in total. The second-order valence-corrected chi connectivity index (χ2v) is 6.51. The number of benzene rings is 1. The summed E-state index contributed by atoms with van der Waals surface area (Å²) in [5, 5.41) is 3.26. The van der Waals surface area contributed by atoms with Crippen LogP contribution >= 0.6 is 0 Å². The van der Waals surface area contributed by atoms with Crippen LogP contribution in [0, 0.1) is 0 Å². The van der Waals surface area contributed by atoms with Crippen molar-refractivity contribution in [2.45, 2.75) is 13.5 Å². The Kier molecular flexibility index (Phi) is 5.59. The molecule has 2 amide bonds. The third-order valence-corrected chi connectivity index (χ3v) is 4.61. The van der Waals surface area contributed by atoms with Crippen molar-refractivity contribution in [1.82, 2.24) is 19.7 Å². The lowest BCUT2D eigenvalue weighted by Crippen LogP contribution is -2.39. The molecule has 1 N–H and O–H groups in total. The Bertz CT molecular complexity index is 836. The average molecular weight is 367 g/mol. The Morgan fingerprint density at radius 2 is 1.78 bits per heavy atom. The number of nitrogens with one attached hydrogen (secondary N) is 1. The van der Waals surface area contributed by atoms with Crippen LogP contribution in [0.3, 0.4) is 0 Å². The van der Waals surface area contributed by atoms with Crippen LogP contribution in [0.25, 0.3) is 0 Å². The first-order valence-electron chi connectivity index (χ1n) is 9.07. The van der Waals surface area contributed by atoms with E-state index in [0.717, 1.165) is 12.5 Å². The van der Waals surface area contributed by atoms with Crippen molar-refractivity contribution >= 4 is 17.8 Å². The minimum atomic E-state index is -0.243. The SMILES string of the molecule is CCNC(=NCCN1C(=O)c2ccccc2C1=O)N(C)Cc1cccn1C. The van der Waals surface area contributed by atoms with Crippen molar-refractivity contribution in [2.24, 2.45) is 12.0 Å². The van der Waals surface area contributed by atoms with Gasteiger partial charge in [-0.25, -0.2) is 0 Å². The van der Waals surface area contributed by atoms with Crippen LogP contribution in [-0.4, -0.2) is 58.8 Å². The third kappa shape index (κ3) is 3.86. The Balaban J connectivity index is 1.65. The molecule has 1 aliphatic heterocycles. The van der Waals surface area contributed by atoms with Gasteiger partial charge in [0, 0.05) is 39.1 Å². The number of imide groups is 1. The van der Waals surface area contributed by atoms with Crippen molar-refractivity contribution in [1.29, 1.82) is 0 Å². The number of rotatable bonds is 6. The second-order valence-electron chi connectivity index (χ2n) is 6.51. The van der Waals surface area contributed by atoms with Crippen LogP contribution in [0.15, 0.2) is 47.6 Å². The number of carbonyl (C=O) groups is 2. The van der Waals surface area contributed by atoms with E-state index in [1.165, 1.54) is 10.6 Å². The molecule has 0 bridgehead atoms. The number of nitrogens with zero attached hydrogens (tertiary/aromatic N) is 4. The number of guanidine groups is 1. The highest BCUT2D eigenvalue weighted by Gasteiger charge is 2.34. The number of aliphatic imine (C=N–C) groups is 1. The summed E-state index contributed by atoms with van der Waals surface area (Å²) in [5.74, 6) is 0.260. The lowest BCUT2D eigenvalue weighted by Gasteiger charge is -2.22. The van der Waals surface area contributed by atoms with Gasteiger partial charge >= 0.3 is 0 Å². The van der Waals surface area contributed by atoms with Crippen LogP contribution in [0.2, 0.25) is 0 Å². The quantitative estimate of drug-likeness (QED) is 0.479. The van der Waals surface area contributed by atoms with Gasteiger partial charge in [0.1, 0.15) is 0 Å². The zero-order chi connectivity index (χ0) is 19.4. The predicted molar refractivity (Wildman–Crippen MR) is 105 cm³/mol. The molecule has 1 aliphatic rings. The van der Waals surface area contributed by atoms with E-state index in [0.29, 0.717) is 24.2 Å². The Morgan fingerprint density at radius 1 is 1.11 bits per heavy atom. The van der Waals surface area contributed by atoms with E-state index in [1.807, 2.05) is 38.2 Å². The monoisotopic (exact) mass is 367 g/mol. The number of amides is 2. The van der Waals surface area contributed by atoms with Crippen LogP contribution < -0.4 is 5.32 Å². The fourth-order valence-corrected chi connectivity index (χ4v) is 3.15. The average Bonchev–Trinajstić information content (AvgIpc) is 3.17. The molecule has 7 heteroatoms. The molecule has 0 spiro atoms. The van der Waals surface area contributed by atoms with Gasteiger partial charge in [0.2, 0.25) is 0 Å². The highest BCUT2D eigenvalue weighted by Crippen LogP contribution is 2.21. The van der Waals surface area contributed by atoms with Gasteiger partial charge in [-0.15, -0.1) is 0 Å². The van der Waals surface area contributed by atoms with Gasteiger partial charge in [0.15, 0.2) is 5.96 Å². The third-order valence-electron chi connectivity index (χ3n) is 4.61. The number of aryl methyl sites for hydroxylation is 1. The molecule has 2 heterocycles. The number of fused-ring (bicyclic) bond motifs is 1. The minimum absolute atomic E-state index is 0.243. The lowest BCUT2D eigenvalue weighted by atomic mass is 10.1. The van der Waals surface area contributed by atoms with Crippen molar-refractivity contribution < 1.29 is 9.59 Å². The number of aromatic nitrogens is 1. The molecule has 0 saturated carbocycles. The summed E-state index contributed by atoms with van der Waals surface area (Å²) < 4.78 is 2.07. The molecule has 0 radical (unpaired) electrons. The Morgan fingerprint density at radius 3 is 2.33 bits per heavy atom. The fourth-order valence-electron chi connectivity index (χ4n) is 3.15. The molecule has 0 atom stereocenters. The molecular formula is C20H25N5O2. The Hall–Kier alpha value is -3.09. The summed E-state index contributed by atoms with van der Waals surface area (Å²) in [7, 11) is 3.98. The van der Waals surface area contributed by atoms with E-state index >= 15 is 0 Å². The summed E-state index contributed by atoms with van der Waals surface area (Å²) in [6.45, 7) is 4.08. The predicted octanol–water partition coefficient (Wildman–Crippen LogP) is 1.72. The summed E-state index contributed by atoms with van der Waals surface area (Å²) >= 11 is 0. The van der Waals surface area contributed by atoms with Crippen molar-refractivity contribution in [3.8, 4) is 0 Å². The lowest BCUT2D eigenvalue weighted by molar-refractivity contribution is 0.0659. The largest absolute Gasteiger partial charge is 0.357 e. The molecule has 27 heavy (non-hydrogen) atoms. The zero-order valence-corrected chi connectivity index (χ0v) is 16.0. The van der Waals surface area contributed by atoms with E-state index in [1.54, 1.807) is 24.3 Å². The maximum absolute atomic E-state index is 12.4. The summed E-state index contributed by atoms with van der Waals surface area (Å²) in [6, 6.07) is 11.0. The van der Waals surface area contributed by atoms with E-state index in [9.17, 15) is 9.59 Å². The molecule has 0 aliphatic carbocycles. The Labute approximate surface area is 159 Å². The maximum Gasteiger partial charge on any atom is 0.261 e. The fraction of sp³-hybridized carbons (Fsp3) is 0.350. The first-order valence-corrected chi connectivity index (χ1v) is 9.07. The van der Waals surface area contributed by atoms with E-state index in [4.69, 9.17) is 0 Å². The van der Waals surface area contributed by atoms with Crippen molar-refractivity contribution in [3.05, 3.63) is 59.4 Å². The van der Waals surface area contributed by atoms with E-state index in [-0.39, 0.29) is 18.4 Å². The molecule has 0 unspecified atom stereocenters. The molecule has 2 aromatic rings. The highest BCUT2D eigenvalue weighted by atomic mass is 16.2. The van der Waals surface area contributed by atoms with Gasteiger partial charge in [-0.1, -0.05) is 12.1 Å². The normalized spacial score (nSPS) is 13.9. The van der Waals surface area contributed by atoms with Crippen LogP contribution in [-0.2, 0) is 13.6 Å². The van der Waals surface area contributed by atoms with Crippen LogP contribution in [0.1, 0.15) is 33.3 Å². The first-order chi connectivity index (χ1) is 13.0. The van der Waals surface area contributed by atoms with Gasteiger partial charge in [0.25, 0.3) is 11.8 Å². The van der Waals surface area contributed by atoms with Crippen molar-refractivity contribution in [2.75, 3.05) is 26.7 Å². The van der Waals surface area contributed by atoms with E-state index in [2.05, 4.69) is 20.9 Å². The standard InChI is InChI=1S/C20H25N5O2/c1-4-21-20(24(3)14-15-8-7-12-23(15)2)22-11-13-25-18(26)16-9-5-6-10-17(16)19(25)27/h5-10,12H,4,11,13-14H2,1-3H3,(H,21,22). The van der Waals surface area contributed by atoms with Crippen LogP contribution in [0.4, 0.5) is 0 Å². The smallest absolute Gasteiger partial charge is 0.261 e. The second kappa shape index (κ2) is 8.07. The van der Waals surface area contributed by atoms with Gasteiger partial charge < -0.3 is 14.8 Å². The number of carbonyl (C=O) groups excluding carboxylic acids is 2. The number of hydrogen-bond donors (Lipinski definition) is 1. The molecule has 1 aromatic heterocycles. The zero-order valence-electron chi connectivity index (χ0n) is 16.0. The van der Waals surface area contributed by atoms with E-state index < -0.39 is 0 Å². The molecule has 0 saturated heterocycles. The maximum atomic E-state index is 12.4. The minimum Gasteiger partial charge on any atom is -0.357 e. The first kappa shape index (κ1) is 18.7. The van der Waals surface area contributed by atoms with Gasteiger partial charge in [0.05, 0.1) is 24.2 Å². The van der Waals surface area contributed by atoms with Gasteiger partial charge in [-0.2, -0.15) is 0 Å². The van der Waals surface area contributed by atoms with Crippen molar-refractivity contribution in [3.63, 3.8) is 0 Å². The van der Waals surface area contributed by atoms with Crippen LogP contribution in [0.5, 0.6) is 0 Å².